The number of piperazine rings is 1. The average molecular weight is 295 g/mol. The monoisotopic (exact) mass is 294 g/mol. The van der Waals surface area contributed by atoms with Gasteiger partial charge < -0.3 is 5.32 Å². The molecule has 2 heterocycles. The minimum atomic E-state index is 0.548. The molecule has 4 atom stereocenters. The third-order valence-corrected chi connectivity index (χ3v) is 6.14. The lowest BCUT2D eigenvalue weighted by atomic mass is 9.93. The fourth-order valence-electron chi connectivity index (χ4n) is 3.21. The summed E-state index contributed by atoms with van der Waals surface area (Å²) < 4.78 is 0. The van der Waals surface area contributed by atoms with Crippen molar-refractivity contribution in [3.63, 3.8) is 0 Å². The molecule has 1 saturated heterocycles. The number of thiophene rings is 1. The van der Waals surface area contributed by atoms with Crippen molar-refractivity contribution >= 4 is 11.3 Å². The number of rotatable bonds is 5. The van der Waals surface area contributed by atoms with Gasteiger partial charge in [0, 0.05) is 41.0 Å². The van der Waals surface area contributed by atoms with Crippen molar-refractivity contribution in [2.75, 3.05) is 13.1 Å². The second kappa shape index (κ2) is 7.06. The van der Waals surface area contributed by atoms with Crippen LogP contribution in [-0.2, 0) is 0 Å². The standard InChI is InChI=1S/C17H30N2S/c1-6-12(3)16-11-19(15(7-2)10-18-16)14(5)17-9-8-13(4)20-17/h8-9,12,14-16,18H,6-7,10-11H2,1-5H3. The van der Waals surface area contributed by atoms with E-state index in [4.69, 9.17) is 0 Å². The van der Waals surface area contributed by atoms with Crippen molar-refractivity contribution in [1.29, 1.82) is 0 Å². The van der Waals surface area contributed by atoms with Crippen LogP contribution in [0, 0.1) is 12.8 Å². The molecule has 0 aliphatic carbocycles. The highest BCUT2D eigenvalue weighted by Gasteiger charge is 2.32. The molecule has 2 rings (SSSR count). The van der Waals surface area contributed by atoms with Gasteiger partial charge in [0.15, 0.2) is 0 Å². The van der Waals surface area contributed by atoms with Crippen LogP contribution in [0.5, 0.6) is 0 Å². The largest absolute Gasteiger partial charge is 0.311 e. The Labute approximate surface area is 128 Å². The van der Waals surface area contributed by atoms with Gasteiger partial charge in [-0.1, -0.05) is 27.2 Å². The first-order valence-electron chi connectivity index (χ1n) is 8.12. The predicted molar refractivity (Wildman–Crippen MR) is 89.5 cm³/mol. The van der Waals surface area contributed by atoms with E-state index in [0.717, 1.165) is 12.5 Å². The summed E-state index contributed by atoms with van der Waals surface area (Å²) in [6.45, 7) is 13.9. The SMILES string of the molecule is CCC(C)C1CN(C(C)c2ccc(C)s2)C(CC)CN1. The molecule has 0 amide bonds. The third-order valence-electron chi connectivity index (χ3n) is 4.96. The molecule has 2 nitrogen and oxygen atoms in total. The first-order valence-corrected chi connectivity index (χ1v) is 8.93. The Balaban J connectivity index is 2.12. The van der Waals surface area contributed by atoms with Crippen LogP contribution in [0.4, 0.5) is 0 Å². The van der Waals surface area contributed by atoms with Gasteiger partial charge in [-0.05, 0) is 38.3 Å². The maximum absolute atomic E-state index is 3.77. The number of aryl methyl sites for hydroxylation is 1. The minimum absolute atomic E-state index is 0.548. The second-order valence-electron chi connectivity index (χ2n) is 6.28. The molecule has 4 unspecified atom stereocenters. The molecule has 0 bridgehead atoms. The summed E-state index contributed by atoms with van der Waals surface area (Å²) in [5, 5.41) is 3.77. The molecule has 0 spiro atoms. The highest BCUT2D eigenvalue weighted by molar-refractivity contribution is 7.12. The zero-order chi connectivity index (χ0) is 14.7. The Morgan fingerprint density at radius 1 is 1.35 bits per heavy atom. The van der Waals surface area contributed by atoms with E-state index >= 15 is 0 Å². The maximum Gasteiger partial charge on any atom is 0.0417 e. The fraction of sp³-hybridized carbons (Fsp3) is 0.765. The molecule has 0 aromatic carbocycles. The van der Waals surface area contributed by atoms with Crippen LogP contribution in [0.25, 0.3) is 0 Å². The summed E-state index contributed by atoms with van der Waals surface area (Å²) >= 11 is 1.96. The molecule has 1 aliphatic rings. The van der Waals surface area contributed by atoms with Crippen LogP contribution >= 0.6 is 11.3 Å². The van der Waals surface area contributed by atoms with Gasteiger partial charge in [0.1, 0.15) is 0 Å². The molecule has 20 heavy (non-hydrogen) atoms. The molecule has 1 aliphatic heterocycles. The molecule has 1 aromatic heterocycles. The quantitative estimate of drug-likeness (QED) is 0.875. The number of hydrogen-bond donors (Lipinski definition) is 1. The summed E-state index contributed by atoms with van der Waals surface area (Å²) in [6.07, 6.45) is 2.49. The van der Waals surface area contributed by atoms with Crippen molar-refractivity contribution < 1.29 is 0 Å². The zero-order valence-electron chi connectivity index (χ0n) is 13.6. The van der Waals surface area contributed by atoms with Crippen molar-refractivity contribution in [2.45, 2.75) is 65.6 Å². The van der Waals surface area contributed by atoms with Crippen LogP contribution in [0.1, 0.15) is 56.3 Å². The highest BCUT2D eigenvalue weighted by atomic mass is 32.1. The Hall–Kier alpha value is -0.380. The van der Waals surface area contributed by atoms with Gasteiger partial charge in [-0.3, -0.25) is 4.90 Å². The van der Waals surface area contributed by atoms with Crippen LogP contribution in [0.15, 0.2) is 12.1 Å². The van der Waals surface area contributed by atoms with Gasteiger partial charge in [0.2, 0.25) is 0 Å². The lowest BCUT2D eigenvalue weighted by Crippen LogP contribution is -2.58. The third kappa shape index (κ3) is 3.44. The summed E-state index contributed by atoms with van der Waals surface area (Å²) in [5.41, 5.74) is 0. The van der Waals surface area contributed by atoms with Crippen LogP contribution in [-0.4, -0.2) is 30.1 Å². The lowest BCUT2D eigenvalue weighted by Gasteiger charge is -2.45. The molecule has 1 N–H and O–H groups in total. The summed E-state index contributed by atoms with van der Waals surface area (Å²) in [6, 6.07) is 6.44. The molecule has 1 aromatic rings. The molecule has 0 saturated carbocycles. The summed E-state index contributed by atoms with van der Waals surface area (Å²) in [7, 11) is 0. The first-order chi connectivity index (χ1) is 9.56. The van der Waals surface area contributed by atoms with E-state index in [0.29, 0.717) is 18.1 Å². The first kappa shape index (κ1) is 16.0. The van der Waals surface area contributed by atoms with Gasteiger partial charge in [-0.2, -0.15) is 0 Å². The fourth-order valence-corrected chi connectivity index (χ4v) is 4.16. The van der Waals surface area contributed by atoms with E-state index in [1.54, 1.807) is 0 Å². The van der Waals surface area contributed by atoms with E-state index in [1.807, 2.05) is 11.3 Å². The number of nitrogens with zero attached hydrogens (tertiary/aromatic N) is 1. The number of hydrogen-bond acceptors (Lipinski definition) is 3. The lowest BCUT2D eigenvalue weighted by molar-refractivity contribution is 0.0719. The van der Waals surface area contributed by atoms with E-state index in [-0.39, 0.29) is 0 Å². The Bertz CT molecular complexity index is 415. The highest BCUT2D eigenvalue weighted by Crippen LogP contribution is 2.31. The van der Waals surface area contributed by atoms with E-state index < -0.39 is 0 Å². The predicted octanol–water partition coefficient (Wildman–Crippen LogP) is 4.22. The zero-order valence-corrected chi connectivity index (χ0v) is 14.5. The van der Waals surface area contributed by atoms with Crippen molar-refractivity contribution in [1.82, 2.24) is 10.2 Å². The maximum atomic E-state index is 3.77. The Kier molecular flexibility index (Phi) is 5.65. The van der Waals surface area contributed by atoms with Gasteiger partial charge >= 0.3 is 0 Å². The van der Waals surface area contributed by atoms with E-state index in [1.165, 1.54) is 29.1 Å². The van der Waals surface area contributed by atoms with Crippen LogP contribution < -0.4 is 5.32 Å². The van der Waals surface area contributed by atoms with Gasteiger partial charge in [-0.15, -0.1) is 11.3 Å². The second-order valence-corrected chi connectivity index (χ2v) is 7.60. The van der Waals surface area contributed by atoms with Gasteiger partial charge in [0.25, 0.3) is 0 Å². The average Bonchev–Trinajstić information content (AvgIpc) is 2.91. The molecular formula is C17H30N2S. The normalized spacial score (nSPS) is 27.4. The smallest absolute Gasteiger partial charge is 0.0417 e. The topological polar surface area (TPSA) is 15.3 Å². The molecule has 0 radical (unpaired) electrons. The van der Waals surface area contributed by atoms with Gasteiger partial charge in [0.05, 0.1) is 0 Å². The van der Waals surface area contributed by atoms with Crippen molar-refractivity contribution in [3.05, 3.63) is 21.9 Å². The van der Waals surface area contributed by atoms with E-state index in [2.05, 4.69) is 57.0 Å². The van der Waals surface area contributed by atoms with Crippen LogP contribution in [0.2, 0.25) is 0 Å². The Morgan fingerprint density at radius 3 is 2.65 bits per heavy atom. The van der Waals surface area contributed by atoms with E-state index in [9.17, 15) is 0 Å². The molecule has 114 valence electrons. The molecule has 3 heteroatoms. The van der Waals surface area contributed by atoms with Crippen molar-refractivity contribution in [3.8, 4) is 0 Å². The minimum Gasteiger partial charge on any atom is -0.311 e. The molecular weight excluding hydrogens is 264 g/mol. The van der Waals surface area contributed by atoms with Crippen molar-refractivity contribution in [2.24, 2.45) is 5.92 Å². The molecule has 1 fully saturated rings. The van der Waals surface area contributed by atoms with Crippen LogP contribution in [0.3, 0.4) is 0 Å². The van der Waals surface area contributed by atoms with Gasteiger partial charge in [-0.25, -0.2) is 0 Å². The number of nitrogens with one attached hydrogen (secondary N) is 1. The summed E-state index contributed by atoms with van der Waals surface area (Å²) in [4.78, 5) is 5.68. The summed E-state index contributed by atoms with van der Waals surface area (Å²) in [5.74, 6) is 0.757. The Morgan fingerprint density at radius 2 is 2.10 bits per heavy atom.